The first-order chi connectivity index (χ1) is 9.69. The van der Waals surface area contributed by atoms with Gasteiger partial charge in [0.05, 0.1) is 0 Å². The van der Waals surface area contributed by atoms with Crippen LogP contribution < -0.4 is 5.32 Å². The molecular formula is C17H27BrN2. The van der Waals surface area contributed by atoms with Gasteiger partial charge in [-0.15, -0.1) is 0 Å². The molecule has 1 aliphatic rings. The zero-order valence-corrected chi connectivity index (χ0v) is 14.3. The van der Waals surface area contributed by atoms with Crippen LogP contribution >= 0.6 is 15.9 Å². The van der Waals surface area contributed by atoms with Gasteiger partial charge in [-0.1, -0.05) is 34.1 Å². The second-order valence-electron chi connectivity index (χ2n) is 6.11. The van der Waals surface area contributed by atoms with Crippen LogP contribution in [0, 0.1) is 5.92 Å². The minimum Gasteiger partial charge on any atom is -0.317 e. The predicted molar refractivity (Wildman–Crippen MR) is 90.1 cm³/mol. The first-order valence-corrected chi connectivity index (χ1v) is 8.57. The molecule has 1 aromatic rings. The van der Waals surface area contributed by atoms with Crippen LogP contribution in [0.1, 0.15) is 31.2 Å². The van der Waals surface area contributed by atoms with Crippen molar-refractivity contribution in [1.29, 1.82) is 0 Å². The number of likely N-dealkylation sites (N-methyl/N-ethyl adjacent to an activating group) is 1. The van der Waals surface area contributed by atoms with Crippen molar-refractivity contribution in [1.82, 2.24) is 10.2 Å². The minimum absolute atomic E-state index is 0.761. The normalized spacial score (nSPS) is 23.2. The van der Waals surface area contributed by atoms with E-state index in [0.717, 1.165) is 24.9 Å². The maximum atomic E-state index is 3.63. The first kappa shape index (κ1) is 16.0. The molecule has 0 atom stereocenters. The average Bonchev–Trinajstić information content (AvgIpc) is 2.47. The van der Waals surface area contributed by atoms with Crippen LogP contribution in [0.3, 0.4) is 0 Å². The van der Waals surface area contributed by atoms with Crippen molar-refractivity contribution in [2.75, 3.05) is 27.2 Å². The zero-order chi connectivity index (χ0) is 14.4. The lowest BCUT2D eigenvalue weighted by atomic mass is 9.86. The van der Waals surface area contributed by atoms with Gasteiger partial charge in [-0.3, -0.25) is 0 Å². The first-order valence-electron chi connectivity index (χ1n) is 7.78. The van der Waals surface area contributed by atoms with Gasteiger partial charge in [0.15, 0.2) is 0 Å². The quantitative estimate of drug-likeness (QED) is 0.850. The molecule has 0 heterocycles. The highest BCUT2D eigenvalue weighted by Gasteiger charge is 2.20. The fourth-order valence-corrected chi connectivity index (χ4v) is 3.66. The third kappa shape index (κ3) is 4.87. The van der Waals surface area contributed by atoms with Crippen LogP contribution in [0.5, 0.6) is 0 Å². The molecular weight excluding hydrogens is 312 g/mol. The molecule has 112 valence electrons. The summed E-state index contributed by atoms with van der Waals surface area (Å²) < 4.78 is 1.24. The van der Waals surface area contributed by atoms with Crippen LogP contribution in [-0.4, -0.2) is 38.1 Å². The zero-order valence-electron chi connectivity index (χ0n) is 12.7. The van der Waals surface area contributed by atoms with Crippen molar-refractivity contribution in [3.63, 3.8) is 0 Å². The Bertz CT molecular complexity index is 400. The van der Waals surface area contributed by atoms with Gasteiger partial charge in [-0.05, 0) is 63.7 Å². The molecule has 0 bridgehead atoms. The van der Waals surface area contributed by atoms with Crippen LogP contribution in [0.4, 0.5) is 0 Å². The molecule has 1 saturated carbocycles. The number of nitrogens with one attached hydrogen (secondary N) is 1. The molecule has 0 amide bonds. The van der Waals surface area contributed by atoms with E-state index in [9.17, 15) is 0 Å². The lowest BCUT2D eigenvalue weighted by molar-refractivity contribution is 0.217. The van der Waals surface area contributed by atoms with Crippen LogP contribution in [0.25, 0.3) is 0 Å². The van der Waals surface area contributed by atoms with Gasteiger partial charge >= 0.3 is 0 Å². The monoisotopic (exact) mass is 338 g/mol. The van der Waals surface area contributed by atoms with E-state index in [1.807, 2.05) is 0 Å². The Morgan fingerprint density at radius 3 is 2.55 bits per heavy atom. The second kappa shape index (κ2) is 8.16. The molecule has 0 aromatic heterocycles. The maximum absolute atomic E-state index is 3.63. The summed E-state index contributed by atoms with van der Waals surface area (Å²) in [7, 11) is 4.36. The summed E-state index contributed by atoms with van der Waals surface area (Å²) in [6.07, 6.45) is 6.58. The van der Waals surface area contributed by atoms with Gasteiger partial charge in [-0.2, -0.15) is 0 Å². The molecule has 1 aliphatic carbocycles. The number of halogens is 1. The van der Waals surface area contributed by atoms with Gasteiger partial charge < -0.3 is 10.2 Å². The van der Waals surface area contributed by atoms with Crippen molar-refractivity contribution in [3.8, 4) is 0 Å². The fraction of sp³-hybridized carbons (Fsp3) is 0.647. The predicted octanol–water partition coefficient (Wildman–Crippen LogP) is 3.70. The molecule has 2 nitrogen and oxygen atoms in total. The van der Waals surface area contributed by atoms with Gasteiger partial charge in [0, 0.05) is 23.6 Å². The summed E-state index contributed by atoms with van der Waals surface area (Å²) in [5.41, 5.74) is 1.42. The summed E-state index contributed by atoms with van der Waals surface area (Å²) in [5, 5.41) is 3.41. The van der Waals surface area contributed by atoms with Gasteiger partial charge in [0.2, 0.25) is 0 Å². The molecule has 0 spiro atoms. The molecule has 0 aliphatic heterocycles. The van der Waals surface area contributed by atoms with Crippen LogP contribution in [0.15, 0.2) is 28.7 Å². The molecule has 3 heteroatoms. The summed E-state index contributed by atoms with van der Waals surface area (Å²) in [5.74, 6) is 0.892. The summed E-state index contributed by atoms with van der Waals surface area (Å²) in [4.78, 5) is 2.50. The van der Waals surface area contributed by atoms with E-state index < -0.39 is 0 Å². The summed E-state index contributed by atoms with van der Waals surface area (Å²) >= 11 is 3.63. The van der Waals surface area contributed by atoms with E-state index in [4.69, 9.17) is 0 Å². The van der Waals surface area contributed by atoms with E-state index in [2.05, 4.69) is 64.5 Å². The average molecular weight is 339 g/mol. The third-order valence-electron chi connectivity index (χ3n) is 4.55. The van der Waals surface area contributed by atoms with Crippen molar-refractivity contribution < 1.29 is 0 Å². The molecule has 1 N–H and O–H groups in total. The number of hydrogen-bond acceptors (Lipinski definition) is 2. The number of rotatable bonds is 6. The summed E-state index contributed by atoms with van der Waals surface area (Å²) in [6, 6.07) is 9.32. The lowest BCUT2D eigenvalue weighted by Gasteiger charge is -2.31. The molecule has 1 fully saturated rings. The number of nitrogens with zero attached hydrogens (tertiary/aromatic N) is 1. The highest BCUT2D eigenvalue weighted by atomic mass is 79.9. The van der Waals surface area contributed by atoms with Gasteiger partial charge in [0.25, 0.3) is 0 Å². The Balaban J connectivity index is 1.71. The third-order valence-corrected chi connectivity index (χ3v) is 5.32. The maximum Gasteiger partial charge on any atom is 0.0207 e. The van der Waals surface area contributed by atoms with E-state index >= 15 is 0 Å². The van der Waals surface area contributed by atoms with E-state index in [-0.39, 0.29) is 0 Å². The Hall–Kier alpha value is -0.380. The SMILES string of the molecule is CNC1CCC(CN(C)CCc2ccccc2Br)CC1. The Labute approximate surface area is 132 Å². The minimum atomic E-state index is 0.761. The molecule has 0 saturated heterocycles. The number of benzene rings is 1. The molecule has 0 radical (unpaired) electrons. The van der Waals surface area contributed by atoms with Crippen molar-refractivity contribution in [3.05, 3.63) is 34.3 Å². The van der Waals surface area contributed by atoms with Crippen LogP contribution in [0.2, 0.25) is 0 Å². The molecule has 0 unspecified atom stereocenters. The van der Waals surface area contributed by atoms with Gasteiger partial charge in [-0.25, -0.2) is 0 Å². The molecule has 1 aromatic carbocycles. The fourth-order valence-electron chi connectivity index (χ4n) is 3.18. The second-order valence-corrected chi connectivity index (χ2v) is 6.96. The Morgan fingerprint density at radius 1 is 1.20 bits per heavy atom. The van der Waals surface area contributed by atoms with Crippen molar-refractivity contribution in [2.45, 2.75) is 38.1 Å². The standard InChI is InChI=1S/C17H27BrN2/c1-19-16-9-7-14(8-10-16)13-20(2)12-11-15-5-3-4-6-17(15)18/h3-6,14,16,19H,7-13H2,1-2H3. The van der Waals surface area contributed by atoms with Crippen molar-refractivity contribution >= 4 is 15.9 Å². The Morgan fingerprint density at radius 2 is 1.90 bits per heavy atom. The van der Waals surface area contributed by atoms with E-state index in [0.29, 0.717) is 0 Å². The summed E-state index contributed by atoms with van der Waals surface area (Å²) in [6.45, 7) is 2.40. The van der Waals surface area contributed by atoms with E-state index in [1.54, 1.807) is 0 Å². The Kier molecular flexibility index (Phi) is 6.53. The van der Waals surface area contributed by atoms with Gasteiger partial charge in [0.1, 0.15) is 0 Å². The highest BCUT2D eigenvalue weighted by molar-refractivity contribution is 9.10. The van der Waals surface area contributed by atoms with Crippen molar-refractivity contribution in [2.24, 2.45) is 5.92 Å². The smallest absolute Gasteiger partial charge is 0.0207 e. The highest BCUT2D eigenvalue weighted by Crippen LogP contribution is 2.25. The topological polar surface area (TPSA) is 15.3 Å². The van der Waals surface area contributed by atoms with E-state index in [1.165, 1.54) is 42.3 Å². The largest absolute Gasteiger partial charge is 0.317 e. The molecule has 2 rings (SSSR count). The number of hydrogen-bond donors (Lipinski definition) is 1. The lowest BCUT2D eigenvalue weighted by Crippen LogP contribution is -2.35. The van der Waals surface area contributed by atoms with Crippen LogP contribution in [-0.2, 0) is 6.42 Å². The molecule has 20 heavy (non-hydrogen) atoms.